The number of fused-ring (bicyclic) bond motifs is 1. The molecule has 0 saturated heterocycles. The number of benzene rings is 3. The number of anilines is 3. The third-order valence-electron chi connectivity index (χ3n) is 6.84. The van der Waals surface area contributed by atoms with E-state index >= 15 is 0 Å². The van der Waals surface area contributed by atoms with Crippen LogP contribution in [0.25, 0.3) is 16.6 Å². The number of amides is 1. The van der Waals surface area contributed by atoms with Crippen LogP contribution in [0.3, 0.4) is 0 Å². The number of nitrogens with one attached hydrogen (secondary N) is 1. The lowest BCUT2D eigenvalue weighted by Gasteiger charge is -2.22. The Morgan fingerprint density at radius 1 is 0.953 bits per heavy atom. The van der Waals surface area contributed by atoms with Gasteiger partial charge in [-0.25, -0.2) is 18.5 Å². The average molecular weight is 586 g/mol. The predicted octanol–water partition coefficient (Wildman–Crippen LogP) is 5.10. The smallest absolute Gasteiger partial charge is 0.417 e. The van der Waals surface area contributed by atoms with Gasteiger partial charge in [-0.2, -0.15) is 0 Å². The molecule has 12 heteroatoms. The van der Waals surface area contributed by atoms with Crippen molar-refractivity contribution in [2.24, 2.45) is 0 Å². The van der Waals surface area contributed by atoms with Gasteiger partial charge in [0, 0.05) is 42.6 Å². The van der Waals surface area contributed by atoms with Gasteiger partial charge in [0.15, 0.2) is 11.5 Å². The summed E-state index contributed by atoms with van der Waals surface area (Å²) in [7, 11) is 5.04. The molecular weight excluding hydrogens is 557 g/mol. The summed E-state index contributed by atoms with van der Waals surface area (Å²) in [6.45, 7) is 1.91. The van der Waals surface area contributed by atoms with Crippen molar-refractivity contribution in [2.45, 2.75) is 13.5 Å². The summed E-state index contributed by atoms with van der Waals surface area (Å²) < 4.78 is 31.6. The molecule has 1 N–H and O–H groups in total. The van der Waals surface area contributed by atoms with Gasteiger partial charge in [-0.1, -0.05) is 0 Å². The van der Waals surface area contributed by atoms with E-state index in [0.717, 1.165) is 39.0 Å². The lowest BCUT2D eigenvalue weighted by atomic mass is 10.1. The van der Waals surface area contributed by atoms with Crippen LogP contribution in [0.4, 0.5) is 26.2 Å². The Morgan fingerprint density at radius 3 is 2.28 bits per heavy atom. The molecule has 3 aromatic carbocycles. The van der Waals surface area contributed by atoms with Crippen molar-refractivity contribution in [3.63, 3.8) is 0 Å². The number of aromatic nitrogens is 3. The van der Waals surface area contributed by atoms with Crippen LogP contribution in [0, 0.1) is 5.82 Å². The van der Waals surface area contributed by atoms with Crippen LogP contribution in [-0.4, -0.2) is 41.5 Å². The number of nitrogens with zero attached hydrogens (tertiary/aromatic N) is 4. The molecule has 1 amide bonds. The minimum Gasteiger partial charge on any atom is -0.493 e. The van der Waals surface area contributed by atoms with Crippen LogP contribution in [0.2, 0.25) is 0 Å². The molecule has 220 valence electrons. The van der Waals surface area contributed by atoms with Crippen LogP contribution in [0.5, 0.6) is 17.2 Å². The number of ether oxygens (including phenoxy) is 3. The van der Waals surface area contributed by atoms with Crippen LogP contribution in [0.1, 0.15) is 6.92 Å². The number of hydrogen-bond donors (Lipinski definition) is 1. The first-order valence-electron chi connectivity index (χ1n) is 13.2. The van der Waals surface area contributed by atoms with E-state index in [0.29, 0.717) is 17.2 Å². The fourth-order valence-electron chi connectivity index (χ4n) is 4.59. The van der Waals surface area contributed by atoms with Crippen molar-refractivity contribution in [1.82, 2.24) is 14.1 Å². The van der Waals surface area contributed by atoms with E-state index in [9.17, 15) is 18.8 Å². The second kappa shape index (κ2) is 12.1. The van der Waals surface area contributed by atoms with Crippen molar-refractivity contribution in [3.8, 4) is 22.9 Å². The van der Waals surface area contributed by atoms with Crippen molar-refractivity contribution in [2.75, 3.05) is 31.5 Å². The molecule has 0 aliphatic carbocycles. The third-order valence-corrected chi connectivity index (χ3v) is 6.84. The molecule has 0 aliphatic rings. The number of halogens is 1. The quantitative estimate of drug-likeness (QED) is 0.267. The van der Waals surface area contributed by atoms with Crippen LogP contribution < -0.4 is 35.7 Å². The van der Waals surface area contributed by atoms with Gasteiger partial charge in [0.25, 0.3) is 0 Å². The Hall–Kier alpha value is -5.65. The lowest BCUT2D eigenvalue weighted by molar-refractivity contribution is 0.214. The van der Waals surface area contributed by atoms with E-state index < -0.39 is 23.2 Å². The molecule has 0 atom stereocenters. The second-order valence-corrected chi connectivity index (χ2v) is 9.35. The first kappa shape index (κ1) is 28.9. The summed E-state index contributed by atoms with van der Waals surface area (Å²) in [6, 6.07) is 17.4. The number of pyridine rings is 1. The first-order chi connectivity index (χ1) is 20.7. The molecule has 5 rings (SSSR count). The second-order valence-electron chi connectivity index (χ2n) is 9.35. The average Bonchev–Trinajstić information content (AvgIpc) is 3.02. The highest BCUT2D eigenvalue weighted by Gasteiger charge is 2.18. The molecule has 0 radical (unpaired) electrons. The predicted molar refractivity (Wildman–Crippen MR) is 161 cm³/mol. The molecule has 0 unspecified atom stereocenters. The normalized spacial score (nSPS) is 10.8. The number of aryl methyl sites for hydroxylation is 1. The monoisotopic (exact) mass is 585 g/mol. The Kier molecular flexibility index (Phi) is 8.10. The fourth-order valence-corrected chi connectivity index (χ4v) is 4.59. The topological polar surface area (TPSA) is 117 Å². The Bertz CT molecular complexity index is 1920. The molecule has 0 saturated carbocycles. The molecule has 11 nitrogen and oxygen atoms in total. The zero-order valence-corrected chi connectivity index (χ0v) is 23.8. The standard InChI is InChI=1S/C31H28FN5O6/c1-5-36-18-28(29(38)37(31(36)40)22-10-6-19(32)7-11-22)43-30(39)34-20-8-12-21(13-9-20)35(2)25-14-15-33-24-17-27(42-4)26(41-3)16-23(24)25/h6-18H,5H2,1-4H3,(H,34,39). The Balaban J connectivity index is 1.36. The van der Waals surface area contributed by atoms with Gasteiger partial charge in [-0.05, 0) is 67.6 Å². The summed E-state index contributed by atoms with van der Waals surface area (Å²) in [5, 5.41) is 3.45. The van der Waals surface area contributed by atoms with Gasteiger partial charge in [0.1, 0.15) is 5.82 Å². The fraction of sp³-hybridized carbons (Fsp3) is 0.161. The zero-order valence-electron chi connectivity index (χ0n) is 23.8. The summed E-state index contributed by atoms with van der Waals surface area (Å²) >= 11 is 0. The van der Waals surface area contributed by atoms with Crippen molar-refractivity contribution < 1.29 is 23.4 Å². The van der Waals surface area contributed by atoms with E-state index in [1.807, 2.05) is 30.1 Å². The van der Waals surface area contributed by atoms with Crippen LogP contribution in [-0.2, 0) is 6.54 Å². The minimum atomic E-state index is -0.925. The highest BCUT2D eigenvalue weighted by Crippen LogP contribution is 2.37. The van der Waals surface area contributed by atoms with Gasteiger partial charge in [-0.3, -0.25) is 19.7 Å². The molecule has 0 aliphatic heterocycles. The van der Waals surface area contributed by atoms with Crippen molar-refractivity contribution in [3.05, 3.63) is 106 Å². The molecule has 2 heterocycles. The van der Waals surface area contributed by atoms with Gasteiger partial charge < -0.3 is 19.1 Å². The van der Waals surface area contributed by atoms with Crippen LogP contribution in [0.15, 0.2) is 88.7 Å². The molecule has 0 fully saturated rings. The number of hydrogen-bond acceptors (Lipinski definition) is 8. The van der Waals surface area contributed by atoms with Crippen LogP contribution >= 0.6 is 0 Å². The van der Waals surface area contributed by atoms with Crippen molar-refractivity contribution >= 4 is 34.1 Å². The summed E-state index contributed by atoms with van der Waals surface area (Å²) in [5.74, 6) is 0.268. The van der Waals surface area contributed by atoms with E-state index in [1.165, 1.54) is 22.9 Å². The Morgan fingerprint density at radius 2 is 1.63 bits per heavy atom. The minimum absolute atomic E-state index is 0.142. The summed E-state index contributed by atoms with van der Waals surface area (Å²) in [5.41, 5.74) is 1.47. The van der Waals surface area contributed by atoms with E-state index in [4.69, 9.17) is 14.2 Å². The van der Waals surface area contributed by atoms with Gasteiger partial charge in [-0.15, -0.1) is 0 Å². The molecule has 0 bridgehead atoms. The Labute approximate surface area is 245 Å². The molecule has 43 heavy (non-hydrogen) atoms. The maximum Gasteiger partial charge on any atom is 0.417 e. The maximum atomic E-state index is 13.4. The largest absolute Gasteiger partial charge is 0.493 e. The first-order valence-corrected chi connectivity index (χ1v) is 13.2. The van der Waals surface area contributed by atoms with E-state index in [2.05, 4.69) is 10.3 Å². The highest BCUT2D eigenvalue weighted by molar-refractivity contribution is 5.96. The SMILES string of the molecule is CCn1cc(OC(=O)Nc2ccc(N(C)c3ccnc4cc(OC)c(OC)cc34)cc2)c(=O)n(-c2ccc(F)cc2)c1=O. The zero-order chi connectivity index (χ0) is 30.7. The number of rotatable bonds is 8. The highest BCUT2D eigenvalue weighted by atomic mass is 19.1. The molecule has 5 aromatic rings. The summed E-state index contributed by atoms with van der Waals surface area (Å²) in [4.78, 5) is 45.1. The van der Waals surface area contributed by atoms with Gasteiger partial charge >= 0.3 is 17.3 Å². The summed E-state index contributed by atoms with van der Waals surface area (Å²) in [6.07, 6.45) is 1.95. The lowest BCUT2D eigenvalue weighted by Crippen LogP contribution is -2.39. The molecular formula is C31H28FN5O6. The number of carbonyl (C=O) groups excluding carboxylic acids is 1. The third kappa shape index (κ3) is 5.75. The van der Waals surface area contributed by atoms with Crippen molar-refractivity contribution in [1.29, 1.82) is 0 Å². The van der Waals surface area contributed by atoms with Gasteiger partial charge in [0.05, 0.1) is 37.3 Å². The van der Waals surface area contributed by atoms with Gasteiger partial charge in [0.2, 0.25) is 5.75 Å². The number of carbonyl (C=O) groups is 1. The molecule has 0 spiro atoms. The van der Waals surface area contributed by atoms with E-state index in [-0.39, 0.29) is 18.0 Å². The number of methoxy groups -OCH3 is 2. The van der Waals surface area contributed by atoms with E-state index in [1.54, 1.807) is 51.6 Å². The maximum absolute atomic E-state index is 13.4. The molecule has 2 aromatic heterocycles.